The molecule has 2 aliphatic carbocycles. The molecule has 206 valence electrons. The lowest BCUT2D eigenvalue weighted by molar-refractivity contribution is -0.0624. The fourth-order valence-corrected chi connectivity index (χ4v) is 6.94. The van der Waals surface area contributed by atoms with E-state index in [2.05, 4.69) is 10.1 Å². The van der Waals surface area contributed by atoms with Gasteiger partial charge in [-0.1, -0.05) is 34.4 Å². The van der Waals surface area contributed by atoms with Crippen LogP contribution in [0.2, 0.25) is 10.0 Å². The van der Waals surface area contributed by atoms with Gasteiger partial charge in [-0.3, -0.25) is 4.79 Å². The summed E-state index contributed by atoms with van der Waals surface area (Å²) in [6, 6.07) is 12.8. The summed E-state index contributed by atoms with van der Waals surface area (Å²) in [6.45, 7) is 1.21. The van der Waals surface area contributed by atoms with Crippen LogP contribution >= 0.6 is 23.2 Å². The first-order valence-corrected chi connectivity index (χ1v) is 15.7. The second-order valence-electron chi connectivity index (χ2n) is 10.8. The van der Waals surface area contributed by atoms with Gasteiger partial charge in [0.25, 0.3) is 5.91 Å². The molecule has 3 aromatic rings. The van der Waals surface area contributed by atoms with Gasteiger partial charge in [0.2, 0.25) is 10.0 Å². The van der Waals surface area contributed by atoms with Crippen molar-refractivity contribution in [3.05, 3.63) is 69.4 Å². The lowest BCUT2D eigenvalue weighted by atomic mass is 9.92. The van der Waals surface area contributed by atoms with Crippen LogP contribution in [0, 0.1) is 0 Å². The van der Waals surface area contributed by atoms with Crippen molar-refractivity contribution in [3.63, 3.8) is 0 Å². The van der Waals surface area contributed by atoms with Crippen molar-refractivity contribution in [1.29, 1.82) is 0 Å². The quantitative estimate of drug-likeness (QED) is 0.347. The van der Waals surface area contributed by atoms with Gasteiger partial charge in [-0.05, 0) is 74.9 Å². The van der Waals surface area contributed by atoms with E-state index in [9.17, 15) is 13.2 Å². The van der Waals surface area contributed by atoms with Crippen LogP contribution in [0.5, 0.6) is 0 Å². The third kappa shape index (κ3) is 5.42. The number of carbonyl (C=O) groups is 1. The van der Waals surface area contributed by atoms with Crippen LogP contribution in [0.15, 0.2) is 47.0 Å². The summed E-state index contributed by atoms with van der Waals surface area (Å²) >= 11 is 13.0. The number of anilines is 1. The predicted octanol–water partition coefficient (Wildman–Crippen LogP) is 5.93. The fourth-order valence-electron chi connectivity index (χ4n) is 5.91. The maximum atomic E-state index is 12.2. The highest BCUT2D eigenvalue weighted by molar-refractivity contribution is 7.89. The van der Waals surface area contributed by atoms with Gasteiger partial charge in [-0.25, -0.2) is 13.1 Å². The predicted molar refractivity (Wildman–Crippen MR) is 150 cm³/mol. The van der Waals surface area contributed by atoms with Crippen LogP contribution in [0.3, 0.4) is 0 Å². The molecule has 2 atom stereocenters. The molecule has 2 bridgehead atoms. The standard InChI is InChI=1S/C28H29Cl2N3O5S/c1-39(35,36)32-27(34)18-7-9-19(10-8-18)33-14-13-28(12-11-20(33)15-28)37-16-21-25(31-38-26(21)17-5-6-17)24-22(29)3-2-4-23(24)30/h2-4,7-10,17,20H,5-6,11-16H2,1H3,(H,32,34)/t20-,28?/m0/s1. The number of sulfonamides is 1. The van der Waals surface area contributed by atoms with E-state index in [-0.39, 0.29) is 5.60 Å². The van der Waals surface area contributed by atoms with E-state index >= 15 is 0 Å². The Bertz CT molecular complexity index is 1500. The number of hydrogen-bond acceptors (Lipinski definition) is 7. The number of fused-ring (bicyclic) bond motifs is 2. The van der Waals surface area contributed by atoms with Crippen molar-refractivity contribution in [2.75, 3.05) is 17.7 Å². The summed E-state index contributed by atoms with van der Waals surface area (Å²) in [5.74, 6) is 0.612. The topological polar surface area (TPSA) is 102 Å². The van der Waals surface area contributed by atoms with E-state index in [0.29, 0.717) is 45.4 Å². The van der Waals surface area contributed by atoms with Crippen molar-refractivity contribution in [1.82, 2.24) is 9.88 Å². The van der Waals surface area contributed by atoms with Gasteiger partial charge in [0, 0.05) is 40.9 Å². The largest absolute Gasteiger partial charge is 0.370 e. The molecular formula is C28H29Cl2N3O5S. The van der Waals surface area contributed by atoms with Crippen LogP contribution in [0.25, 0.3) is 11.3 Å². The van der Waals surface area contributed by atoms with Crippen molar-refractivity contribution < 1.29 is 22.5 Å². The van der Waals surface area contributed by atoms with Crippen LogP contribution in [0.4, 0.5) is 5.69 Å². The van der Waals surface area contributed by atoms with Crippen molar-refractivity contribution in [2.24, 2.45) is 0 Å². The summed E-state index contributed by atoms with van der Waals surface area (Å²) in [6.07, 6.45) is 6.84. The number of rotatable bonds is 8. The number of ether oxygens (including phenoxy) is 1. The summed E-state index contributed by atoms with van der Waals surface area (Å²) in [4.78, 5) is 14.5. The molecule has 2 saturated carbocycles. The molecule has 1 amide bonds. The molecule has 1 aliphatic heterocycles. The molecule has 0 radical (unpaired) electrons. The van der Waals surface area contributed by atoms with E-state index in [0.717, 1.165) is 68.3 Å². The van der Waals surface area contributed by atoms with E-state index in [4.69, 9.17) is 32.5 Å². The Morgan fingerprint density at radius 1 is 1.13 bits per heavy atom. The highest BCUT2D eigenvalue weighted by atomic mass is 35.5. The van der Waals surface area contributed by atoms with Gasteiger partial charge >= 0.3 is 0 Å². The van der Waals surface area contributed by atoms with E-state index in [1.807, 2.05) is 22.9 Å². The van der Waals surface area contributed by atoms with Crippen molar-refractivity contribution >= 4 is 44.8 Å². The zero-order valence-corrected chi connectivity index (χ0v) is 23.8. The first-order valence-electron chi connectivity index (χ1n) is 13.1. The molecule has 39 heavy (non-hydrogen) atoms. The molecule has 1 N–H and O–H groups in total. The number of nitrogens with one attached hydrogen (secondary N) is 1. The Balaban J connectivity index is 1.16. The number of piperidine rings is 1. The van der Waals surface area contributed by atoms with Crippen LogP contribution in [-0.4, -0.2) is 43.9 Å². The number of amides is 1. The molecule has 1 aromatic heterocycles. The molecule has 11 heteroatoms. The zero-order valence-electron chi connectivity index (χ0n) is 21.5. The first kappa shape index (κ1) is 26.6. The van der Waals surface area contributed by atoms with Gasteiger partial charge in [0.05, 0.1) is 28.5 Å². The Morgan fingerprint density at radius 3 is 2.51 bits per heavy atom. The molecule has 1 unspecified atom stereocenters. The highest BCUT2D eigenvalue weighted by Crippen LogP contribution is 2.48. The Hall–Kier alpha value is -2.59. The van der Waals surface area contributed by atoms with E-state index < -0.39 is 15.9 Å². The van der Waals surface area contributed by atoms with Gasteiger partial charge in [-0.15, -0.1) is 0 Å². The maximum absolute atomic E-state index is 12.2. The summed E-state index contributed by atoms with van der Waals surface area (Å²) in [5.41, 5.74) is 3.37. The second-order valence-corrected chi connectivity index (χ2v) is 13.4. The first-order chi connectivity index (χ1) is 18.6. The van der Waals surface area contributed by atoms with Gasteiger partial charge in [0.15, 0.2) is 0 Å². The third-order valence-corrected chi connectivity index (χ3v) is 9.20. The molecule has 3 aliphatic rings. The molecule has 8 nitrogen and oxygen atoms in total. The average Bonchev–Trinajstić information content (AvgIpc) is 3.57. The molecule has 2 heterocycles. The van der Waals surface area contributed by atoms with Crippen molar-refractivity contribution in [2.45, 2.75) is 62.7 Å². The zero-order chi connectivity index (χ0) is 27.4. The summed E-state index contributed by atoms with van der Waals surface area (Å²) in [7, 11) is -3.61. The van der Waals surface area contributed by atoms with E-state index in [1.54, 1.807) is 24.3 Å². The van der Waals surface area contributed by atoms with Crippen molar-refractivity contribution in [3.8, 4) is 11.3 Å². The minimum absolute atomic E-state index is 0.226. The Morgan fingerprint density at radius 2 is 1.85 bits per heavy atom. The molecule has 0 spiro atoms. The molecule has 1 saturated heterocycles. The van der Waals surface area contributed by atoms with Gasteiger partial charge in [-0.2, -0.15) is 0 Å². The van der Waals surface area contributed by atoms with Gasteiger partial charge < -0.3 is 14.2 Å². The number of carbonyl (C=O) groups excluding carboxylic acids is 1. The number of aromatic nitrogens is 1. The van der Waals surface area contributed by atoms with Gasteiger partial charge in [0.1, 0.15) is 11.5 Å². The fraction of sp³-hybridized carbons (Fsp3) is 0.429. The van der Waals surface area contributed by atoms with Crippen LogP contribution in [0.1, 0.15) is 66.1 Å². The number of nitrogens with zero attached hydrogens (tertiary/aromatic N) is 2. The maximum Gasteiger partial charge on any atom is 0.264 e. The normalized spacial score (nSPS) is 22.7. The lowest BCUT2D eigenvalue weighted by Gasteiger charge is -2.41. The van der Waals surface area contributed by atoms with E-state index in [1.165, 1.54) is 0 Å². The monoisotopic (exact) mass is 589 g/mol. The molecule has 2 aromatic carbocycles. The summed E-state index contributed by atoms with van der Waals surface area (Å²) < 4.78 is 37.3. The van der Waals surface area contributed by atoms with Crippen LogP contribution in [-0.2, 0) is 21.4 Å². The third-order valence-electron chi connectivity index (χ3n) is 8.02. The Kier molecular flexibility index (Phi) is 6.90. The SMILES string of the molecule is CS(=O)(=O)NC(=O)c1ccc(N2CCC3(OCc4c(-c5c(Cl)cccc5Cl)noc4C4CC4)CC[C@H]2C3)cc1. The lowest BCUT2D eigenvalue weighted by Crippen LogP contribution is -2.45. The minimum atomic E-state index is -3.61. The number of benzene rings is 2. The summed E-state index contributed by atoms with van der Waals surface area (Å²) in [5, 5.41) is 5.46. The van der Waals surface area contributed by atoms with Crippen LogP contribution < -0.4 is 9.62 Å². The molecule has 6 rings (SSSR count). The minimum Gasteiger partial charge on any atom is -0.370 e. The number of hydrogen-bond donors (Lipinski definition) is 1. The molecular weight excluding hydrogens is 561 g/mol. The second kappa shape index (κ2) is 10.1. The average molecular weight is 591 g/mol. The highest BCUT2D eigenvalue weighted by Gasteiger charge is 2.47. The smallest absolute Gasteiger partial charge is 0.264 e. The molecule has 3 fully saturated rings. The number of halogens is 2. The Labute approximate surface area is 237 Å².